The third-order valence-corrected chi connectivity index (χ3v) is 10.2. The maximum absolute atomic E-state index is 14.6. The Bertz CT molecular complexity index is 2090. The molecule has 1 aromatic heterocycles. The largest absolute Gasteiger partial charge is 0.370 e. The number of benzene rings is 2. The van der Waals surface area contributed by atoms with E-state index < -0.39 is 91.6 Å². The van der Waals surface area contributed by atoms with E-state index in [-0.39, 0.29) is 44.9 Å². The molecule has 0 radical (unpaired) electrons. The van der Waals surface area contributed by atoms with Crippen molar-refractivity contribution < 1.29 is 38.4 Å². The minimum atomic E-state index is -1.25. The molecular weight excluding hydrogens is 839 g/mol. The van der Waals surface area contributed by atoms with E-state index in [9.17, 15) is 38.4 Å². The van der Waals surface area contributed by atoms with Crippen LogP contribution in [0.4, 0.5) is 0 Å². The van der Waals surface area contributed by atoms with E-state index >= 15 is 0 Å². The van der Waals surface area contributed by atoms with Gasteiger partial charge in [-0.05, 0) is 49.4 Å². The summed E-state index contributed by atoms with van der Waals surface area (Å²) in [4.78, 5) is 115. The van der Waals surface area contributed by atoms with Crippen molar-refractivity contribution in [3.8, 4) is 0 Å². The van der Waals surface area contributed by atoms with Crippen molar-refractivity contribution in [2.24, 2.45) is 27.9 Å². The number of aromatic nitrogens is 1. The molecule has 0 unspecified atom stereocenters. The normalized spacial score (nSPS) is 12.2. The first-order chi connectivity index (χ1) is 31.1. The number of fused-ring (bicyclic) bond motifs is 1. The van der Waals surface area contributed by atoms with Crippen molar-refractivity contribution >= 4 is 64.1 Å². The minimum Gasteiger partial charge on any atom is -0.370 e. The minimum absolute atomic E-state index is 0.00435. The summed E-state index contributed by atoms with van der Waals surface area (Å²) in [5.74, 6) is -5.23. The van der Waals surface area contributed by atoms with E-state index in [1.807, 2.05) is 31.2 Å². The second kappa shape index (κ2) is 27.9. The van der Waals surface area contributed by atoms with Crippen molar-refractivity contribution in [3.63, 3.8) is 0 Å². The number of amides is 8. The van der Waals surface area contributed by atoms with E-state index in [1.165, 1.54) is 16.7 Å². The predicted octanol–water partition coefficient (Wildman–Crippen LogP) is -1.61. The number of nitrogens with two attached hydrogens (primary N) is 4. The van der Waals surface area contributed by atoms with Gasteiger partial charge in [0, 0.05) is 56.5 Å². The number of hydrogen-bond donors (Lipinski definition) is 10. The van der Waals surface area contributed by atoms with Crippen LogP contribution in [0.15, 0.2) is 65.8 Å². The van der Waals surface area contributed by atoms with Gasteiger partial charge in [0.05, 0.1) is 26.2 Å². The van der Waals surface area contributed by atoms with Crippen LogP contribution < -0.4 is 49.5 Å². The number of carbonyl (C=O) groups is 8. The van der Waals surface area contributed by atoms with Gasteiger partial charge < -0.3 is 64.3 Å². The highest BCUT2D eigenvalue weighted by molar-refractivity contribution is 5.95. The van der Waals surface area contributed by atoms with Gasteiger partial charge in [-0.15, -0.1) is 0 Å². The van der Waals surface area contributed by atoms with Crippen molar-refractivity contribution in [1.82, 2.24) is 41.4 Å². The molecule has 0 bridgehead atoms. The average Bonchev–Trinajstić information content (AvgIpc) is 3.68. The van der Waals surface area contributed by atoms with Crippen LogP contribution in [0.3, 0.4) is 0 Å². The lowest BCUT2D eigenvalue weighted by molar-refractivity contribution is -0.141. The molecule has 21 nitrogen and oxygen atoms in total. The first-order valence-electron chi connectivity index (χ1n) is 21.7. The zero-order valence-electron chi connectivity index (χ0n) is 37.2. The first kappa shape index (κ1) is 52.3. The SMILES string of the molecule is CCCC[C@H](NC(C)=O)C(=O)NCC(=O)N(CCCCN)CC(=O)N[C@@H](Cc1ccccc1)C(=O)N(CCCN=C(N)N)CC(=O)N[C@@H](Cc1c[nH]c2ccccc12)C(=O)NCC(N)=O. The Balaban J connectivity index is 1.88. The fraction of sp³-hybridized carbons (Fsp3) is 0.477. The van der Waals surface area contributed by atoms with E-state index in [0.29, 0.717) is 43.4 Å². The first-order valence-corrected chi connectivity index (χ1v) is 21.7. The van der Waals surface area contributed by atoms with Gasteiger partial charge in [0.25, 0.3) is 0 Å². The molecule has 0 fully saturated rings. The number of nitrogens with zero attached hydrogens (tertiary/aromatic N) is 3. The molecule has 1 heterocycles. The summed E-state index contributed by atoms with van der Waals surface area (Å²) in [6.07, 6.45) is 4.75. The topological polar surface area (TPSA) is 335 Å². The van der Waals surface area contributed by atoms with Gasteiger partial charge in [-0.25, -0.2) is 0 Å². The van der Waals surface area contributed by atoms with E-state index in [1.54, 1.807) is 36.5 Å². The van der Waals surface area contributed by atoms with Gasteiger partial charge in [0.15, 0.2) is 5.96 Å². The number of unbranched alkanes of at least 4 members (excludes halogenated alkanes) is 2. The molecule has 8 amide bonds. The van der Waals surface area contributed by atoms with Crippen molar-refractivity contribution in [1.29, 1.82) is 0 Å². The number of guanidine groups is 1. The second-order valence-corrected chi connectivity index (χ2v) is 15.5. The fourth-order valence-electron chi connectivity index (χ4n) is 6.92. The number of aromatic amines is 1. The number of primary amides is 1. The third-order valence-electron chi connectivity index (χ3n) is 10.2. The van der Waals surface area contributed by atoms with E-state index in [4.69, 9.17) is 22.9 Å². The van der Waals surface area contributed by atoms with E-state index in [2.05, 4.69) is 36.6 Å². The lowest BCUT2D eigenvalue weighted by Gasteiger charge is -2.29. The summed E-state index contributed by atoms with van der Waals surface area (Å²) in [6, 6.07) is 12.9. The molecule has 0 aliphatic carbocycles. The Kier molecular flexibility index (Phi) is 22.5. The van der Waals surface area contributed by atoms with Gasteiger partial charge in [-0.1, -0.05) is 68.3 Å². The van der Waals surface area contributed by atoms with Crippen LogP contribution in [-0.4, -0.2) is 138 Å². The van der Waals surface area contributed by atoms with Crippen LogP contribution in [0, 0.1) is 0 Å². The molecule has 0 saturated carbocycles. The summed E-state index contributed by atoms with van der Waals surface area (Å²) in [5, 5.41) is 13.9. The van der Waals surface area contributed by atoms with Gasteiger partial charge in [0.1, 0.15) is 18.1 Å². The summed E-state index contributed by atoms with van der Waals surface area (Å²) in [5.41, 5.74) is 24.2. The summed E-state index contributed by atoms with van der Waals surface area (Å²) in [6.45, 7) is 1.78. The monoisotopic (exact) mass is 904 g/mol. The van der Waals surface area contributed by atoms with Crippen LogP contribution in [0.1, 0.15) is 63.5 Å². The highest BCUT2D eigenvalue weighted by Gasteiger charge is 2.31. The zero-order valence-corrected chi connectivity index (χ0v) is 37.2. The maximum atomic E-state index is 14.6. The van der Waals surface area contributed by atoms with Crippen molar-refractivity contribution in [2.75, 3.05) is 52.4 Å². The predicted molar refractivity (Wildman–Crippen MR) is 245 cm³/mol. The fourth-order valence-corrected chi connectivity index (χ4v) is 6.92. The van der Waals surface area contributed by atoms with Gasteiger partial charge in [-0.2, -0.15) is 0 Å². The summed E-state index contributed by atoms with van der Waals surface area (Å²) < 4.78 is 0. The highest BCUT2D eigenvalue weighted by atomic mass is 16.2. The standard InChI is InChI=1S/C44H65N13O8/c1-3-4-16-34(53-29(2)58)41(63)52-26-40(62)56(20-11-10-18-45)27-38(60)55-36(22-30-13-6-5-7-14-30)43(65)57(21-12-19-49-44(47)48)28-39(61)54-35(42(64)51-25-37(46)59)23-31-24-50-33-17-9-8-15-32(31)33/h5-9,13-15,17,24,34-36,50H,3-4,10-12,16,18-23,25-28,45H2,1-2H3,(H2,46,59)(H,51,64)(H,52,63)(H,53,58)(H,54,61)(H,55,60)(H4,47,48,49)/t34-,35-,36-/m0/s1. The number of hydrogen-bond acceptors (Lipinski definition) is 10. The van der Waals surface area contributed by atoms with E-state index in [0.717, 1.165) is 17.3 Å². The molecule has 3 atom stereocenters. The Hall–Kier alpha value is -7.03. The van der Waals surface area contributed by atoms with Crippen molar-refractivity contribution in [3.05, 3.63) is 71.9 Å². The molecule has 0 aliphatic rings. The Morgan fingerprint density at radius 3 is 2.00 bits per heavy atom. The van der Waals surface area contributed by atoms with Crippen LogP contribution in [0.2, 0.25) is 0 Å². The molecular formula is C44H65N13O8. The number of rotatable bonds is 29. The summed E-state index contributed by atoms with van der Waals surface area (Å²) in [7, 11) is 0. The van der Waals surface area contributed by atoms with Crippen molar-refractivity contribution in [2.45, 2.75) is 83.3 Å². The molecule has 354 valence electrons. The molecule has 2 aromatic carbocycles. The van der Waals surface area contributed by atoms with Crippen LogP contribution in [-0.2, 0) is 51.2 Å². The average molecular weight is 904 g/mol. The number of H-pyrrole nitrogens is 1. The zero-order chi connectivity index (χ0) is 47.7. The molecule has 3 rings (SSSR count). The Labute approximate surface area is 378 Å². The van der Waals surface area contributed by atoms with Crippen LogP contribution in [0.5, 0.6) is 0 Å². The van der Waals surface area contributed by atoms with Gasteiger partial charge in [-0.3, -0.25) is 43.3 Å². The molecule has 0 saturated heterocycles. The van der Waals surface area contributed by atoms with Crippen LogP contribution in [0.25, 0.3) is 10.9 Å². The molecule has 21 heteroatoms. The van der Waals surface area contributed by atoms with Gasteiger partial charge in [0.2, 0.25) is 47.3 Å². The number of para-hydroxylation sites is 1. The number of carbonyl (C=O) groups excluding carboxylic acids is 8. The lowest BCUT2D eigenvalue weighted by Crippen LogP contribution is -2.56. The summed E-state index contributed by atoms with van der Waals surface area (Å²) >= 11 is 0. The number of aliphatic imine (C=N–C) groups is 1. The second-order valence-electron chi connectivity index (χ2n) is 15.5. The molecule has 0 aliphatic heterocycles. The molecule has 0 spiro atoms. The quantitative estimate of drug-likeness (QED) is 0.0215. The maximum Gasteiger partial charge on any atom is 0.245 e. The lowest BCUT2D eigenvalue weighted by atomic mass is 10.0. The third kappa shape index (κ3) is 19.1. The Morgan fingerprint density at radius 2 is 1.34 bits per heavy atom. The highest BCUT2D eigenvalue weighted by Crippen LogP contribution is 2.19. The van der Waals surface area contributed by atoms with Gasteiger partial charge >= 0.3 is 0 Å². The molecule has 65 heavy (non-hydrogen) atoms. The van der Waals surface area contributed by atoms with Crippen LogP contribution >= 0.6 is 0 Å². The molecule has 14 N–H and O–H groups in total. The molecule has 3 aromatic rings. The smallest absolute Gasteiger partial charge is 0.245 e. The Morgan fingerprint density at radius 1 is 0.708 bits per heavy atom. The number of nitrogens with one attached hydrogen (secondary N) is 6.